The minimum absolute atomic E-state index is 0.178. The van der Waals surface area contributed by atoms with Gasteiger partial charge in [0.05, 0.1) is 24.9 Å². The molecule has 5 rings (SSSR count). The van der Waals surface area contributed by atoms with Gasteiger partial charge in [0.2, 0.25) is 11.8 Å². The Kier molecular flexibility index (Phi) is 15.5. The minimum atomic E-state index is -0.910. The molecule has 0 saturated carbocycles. The number of benzene rings is 3. The quantitative estimate of drug-likeness (QED) is 0.104. The molecule has 60 heavy (non-hydrogen) atoms. The van der Waals surface area contributed by atoms with Crippen molar-refractivity contribution in [2.45, 2.75) is 97.6 Å². The van der Waals surface area contributed by atoms with Crippen LogP contribution in [0.5, 0.6) is 0 Å². The van der Waals surface area contributed by atoms with Gasteiger partial charge in [0.15, 0.2) is 0 Å². The summed E-state index contributed by atoms with van der Waals surface area (Å²) in [5.74, 6) is -0.650. The number of urea groups is 1. The van der Waals surface area contributed by atoms with Crippen molar-refractivity contribution in [3.8, 4) is 11.3 Å². The number of rotatable bonds is 17. The molecular formula is C48H62N6O6. The van der Waals surface area contributed by atoms with Crippen LogP contribution in [0.3, 0.4) is 0 Å². The van der Waals surface area contributed by atoms with Crippen LogP contribution < -0.4 is 16.0 Å². The number of aromatic nitrogens is 1. The van der Waals surface area contributed by atoms with Gasteiger partial charge in [-0.05, 0) is 58.9 Å². The zero-order valence-corrected chi connectivity index (χ0v) is 36.3. The second kappa shape index (κ2) is 20.5. The summed E-state index contributed by atoms with van der Waals surface area (Å²) >= 11 is 0. The van der Waals surface area contributed by atoms with Crippen LogP contribution in [0.2, 0.25) is 0 Å². The summed E-state index contributed by atoms with van der Waals surface area (Å²) in [6.07, 6.45) is 1.64. The molecule has 1 aromatic heterocycles. The van der Waals surface area contributed by atoms with E-state index >= 15 is 0 Å². The van der Waals surface area contributed by atoms with Crippen LogP contribution in [0.25, 0.3) is 11.3 Å². The molecule has 0 aliphatic carbocycles. The Morgan fingerprint density at radius 2 is 1.32 bits per heavy atom. The van der Waals surface area contributed by atoms with Crippen molar-refractivity contribution in [2.75, 3.05) is 27.3 Å². The average Bonchev–Trinajstić information content (AvgIpc) is 3.56. The first-order chi connectivity index (χ1) is 28.6. The third kappa shape index (κ3) is 12.4. The molecule has 5 amide bonds. The van der Waals surface area contributed by atoms with Crippen LogP contribution in [0, 0.1) is 10.8 Å². The lowest BCUT2D eigenvalue weighted by molar-refractivity contribution is -0.131. The molecule has 3 aromatic carbocycles. The van der Waals surface area contributed by atoms with Crippen molar-refractivity contribution < 1.29 is 28.7 Å². The first-order valence-electron chi connectivity index (χ1n) is 20.7. The number of carbonyl (C=O) groups is 4. The van der Waals surface area contributed by atoms with E-state index in [1.807, 2.05) is 145 Å². The average molecular weight is 819 g/mol. The molecule has 1 fully saturated rings. The Morgan fingerprint density at radius 3 is 1.88 bits per heavy atom. The van der Waals surface area contributed by atoms with E-state index in [0.717, 1.165) is 27.9 Å². The van der Waals surface area contributed by atoms with Crippen molar-refractivity contribution in [1.82, 2.24) is 30.7 Å². The van der Waals surface area contributed by atoms with Crippen LogP contribution in [0.1, 0.15) is 64.7 Å². The van der Waals surface area contributed by atoms with E-state index in [2.05, 4.69) is 20.9 Å². The predicted octanol–water partition coefficient (Wildman–Crippen LogP) is 7.03. The summed E-state index contributed by atoms with van der Waals surface area (Å²) in [5, 5.41) is 9.30. The van der Waals surface area contributed by atoms with Crippen LogP contribution in [0.15, 0.2) is 109 Å². The Balaban J connectivity index is 1.44. The molecular weight excluding hydrogens is 757 g/mol. The maximum Gasteiger partial charge on any atom is 0.407 e. The van der Waals surface area contributed by atoms with E-state index in [0.29, 0.717) is 38.9 Å². The SMILES string of the molecule is COC(=O)N[C@H](C(=O)N[C@@H](Cc1ccc(-c2ccccn2)cc1)C[C@H](OC)[C@H](Cc1ccccc1)NC(=O)[C@@H](N1CCN(Cc2ccccc2)C1=O)C(C)(C)C)C(C)(C)C. The lowest BCUT2D eigenvalue weighted by Crippen LogP contribution is -2.59. The van der Waals surface area contributed by atoms with Crippen LogP contribution in [0.4, 0.5) is 9.59 Å². The Morgan fingerprint density at radius 1 is 0.700 bits per heavy atom. The summed E-state index contributed by atoms with van der Waals surface area (Å²) in [5.41, 5.74) is 3.54. The third-order valence-electron chi connectivity index (χ3n) is 10.9. The summed E-state index contributed by atoms with van der Waals surface area (Å²) in [7, 11) is 2.87. The number of alkyl carbamates (subject to hydrolysis) is 1. The van der Waals surface area contributed by atoms with Crippen molar-refractivity contribution in [3.63, 3.8) is 0 Å². The van der Waals surface area contributed by atoms with E-state index in [4.69, 9.17) is 9.47 Å². The zero-order valence-electron chi connectivity index (χ0n) is 36.3. The monoisotopic (exact) mass is 818 g/mol. The first-order valence-corrected chi connectivity index (χ1v) is 20.7. The second-order valence-corrected chi connectivity index (χ2v) is 17.7. The van der Waals surface area contributed by atoms with E-state index < -0.39 is 47.2 Å². The van der Waals surface area contributed by atoms with Gasteiger partial charge in [-0.15, -0.1) is 0 Å². The van der Waals surface area contributed by atoms with Crippen LogP contribution in [-0.2, 0) is 38.4 Å². The summed E-state index contributed by atoms with van der Waals surface area (Å²) < 4.78 is 11.1. The molecule has 0 unspecified atom stereocenters. The van der Waals surface area contributed by atoms with Crippen LogP contribution >= 0.6 is 0 Å². The number of ether oxygens (including phenoxy) is 2. The Bertz CT molecular complexity index is 2000. The van der Waals surface area contributed by atoms with Gasteiger partial charge in [-0.2, -0.15) is 0 Å². The molecule has 12 heteroatoms. The maximum absolute atomic E-state index is 14.7. The number of hydrogen-bond acceptors (Lipinski definition) is 7. The molecule has 4 aromatic rings. The normalized spacial score (nSPS) is 15.7. The molecule has 2 heterocycles. The van der Waals surface area contributed by atoms with E-state index in [9.17, 15) is 19.2 Å². The molecule has 0 radical (unpaired) electrons. The predicted molar refractivity (Wildman–Crippen MR) is 234 cm³/mol. The molecule has 0 bridgehead atoms. The smallest absolute Gasteiger partial charge is 0.407 e. The molecule has 12 nitrogen and oxygen atoms in total. The first kappa shape index (κ1) is 45.3. The Labute approximate surface area is 355 Å². The molecule has 1 aliphatic heterocycles. The topological polar surface area (TPSA) is 142 Å². The van der Waals surface area contributed by atoms with Crippen LogP contribution in [-0.4, -0.2) is 96.3 Å². The molecule has 0 spiro atoms. The van der Waals surface area contributed by atoms with Gasteiger partial charge < -0.3 is 35.2 Å². The highest BCUT2D eigenvalue weighted by Gasteiger charge is 2.44. The fraction of sp³-hybridized carbons (Fsp3) is 0.438. The zero-order chi connectivity index (χ0) is 43.5. The van der Waals surface area contributed by atoms with Gasteiger partial charge >= 0.3 is 12.1 Å². The fourth-order valence-corrected chi connectivity index (χ4v) is 7.86. The highest BCUT2D eigenvalue weighted by atomic mass is 16.5. The maximum atomic E-state index is 14.7. The standard InChI is InChI=1S/C48H62N6O6/c1-47(2,3)41(52-45(57)60-8)43(55)50-37(29-34-22-24-36(25-23-34)38-21-15-16-26-49-38)31-40(59-7)39(30-33-17-11-9-12-18-33)51-44(56)42(48(4,5)6)54-28-27-53(46(54)58)32-35-19-13-10-14-20-35/h9-26,37,39-42H,27-32H2,1-8H3,(H,50,55)(H,51,56)(H,52,57)/t37-,39-,40-,41+,42+/m0/s1. The van der Waals surface area contributed by atoms with Crippen molar-refractivity contribution in [2.24, 2.45) is 10.8 Å². The fourth-order valence-electron chi connectivity index (χ4n) is 7.86. The lowest BCUT2D eigenvalue weighted by Gasteiger charge is -2.39. The molecule has 5 atom stereocenters. The minimum Gasteiger partial charge on any atom is -0.453 e. The summed E-state index contributed by atoms with van der Waals surface area (Å²) in [4.78, 5) is 63.3. The number of hydrogen-bond donors (Lipinski definition) is 3. The molecule has 320 valence electrons. The number of nitrogens with one attached hydrogen (secondary N) is 3. The van der Waals surface area contributed by atoms with Gasteiger partial charge in [0.25, 0.3) is 0 Å². The van der Waals surface area contributed by atoms with E-state index in [1.54, 1.807) is 23.1 Å². The number of pyridine rings is 1. The molecule has 1 saturated heterocycles. The summed E-state index contributed by atoms with van der Waals surface area (Å²) in [6, 6.07) is 30.6. The second-order valence-electron chi connectivity index (χ2n) is 17.7. The summed E-state index contributed by atoms with van der Waals surface area (Å²) in [6.45, 7) is 12.9. The van der Waals surface area contributed by atoms with Crippen molar-refractivity contribution in [1.29, 1.82) is 0 Å². The van der Waals surface area contributed by atoms with Gasteiger partial charge in [-0.25, -0.2) is 9.59 Å². The van der Waals surface area contributed by atoms with Gasteiger partial charge in [-0.1, -0.05) is 133 Å². The highest BCUT2D eigenvalue weighted by molar-refractivity contribution is 5.89. The Hall–Kier alpha value is -5.75. The van der Waals surface area contributed by atoms with Crippen molar-refractivity contribution in [3.05, 3.63) is 126 Å². The van der Waals surface area contributed by atoms with Gasteiger partial charge in [0, 0.05) is 44.5 Å². The molecule has 1 aliphatic rings. The van der Waals surface area contributed by atoms with Gasteiger partial charge in [0.1, 0.15) is 12.1 Å². The lowest BCUT2D eigenvalue weighted by atomic mass is 9.84. The van der Waals surface area contributed by atoms with E-state index in [1.165, 1.54) is 7.11 Å². The van der Waals surface area contributed by atoms with Crippen molar-refractivity contribution >= 4 is 23.9 Å². The largest absolute Gasteiger partial charge is 0.453 e. The number of carbonyl (C=O) groups excluding carboxylic acids is 4. The number of amides is 5. The highest BCUT2D eigenvalue weighted by Crippen LogP contribution is 2.30. The third-order valence-corrected chi connectivity index (χ3v) is 10.9. The number of methoxy groups -OCH3 is 2. The van der Waals surface area contributed by atoms with Gasteiger partial charge in [-0.3, -0.25) is 14.6 Å². The molecule has 3 N–H and O–H groups in total. The van der Waals surface area contributed by atoms with E-state index in [-0.39, 0.29) is 17.8 Å². The number of nitrogens with zero attached hydrogens (tertiary/aromatic N) is 3.